The Balaban J connectivity index is 1.57. The van der Waals surface area contributed by atoms with Crippen LogP contribution >= 0.6 is 11.6 Å². The van der Waals surface area contributed by atoms with Crippen molar-refractivity contribution in [3.8, 4) is 0 Å². The van der Waals surface area contributed by atoms with E-state index in [0.717, 1.165) is 6.42 Å². The topological polar surface area (TPSA) is 71.1 Å². The summed E-state index contributed by atoms with van der Waals surface area (Å²) in [5, 5.41) is 6.76. The number of halogens is 1. The molecule has 28 heavy (non-hydrogen) atoms. The second-order valence-corrected chi connectivity index (χ2v) is 6.76. The Kier molecular flexibility index (Phi) is 6.40. The zero-order chi connectivity index (χ0) is 19.9. The van der Waals surface area contributed by atoms with Crippen LogP contribution in [0.25, 0.3) is 0 Å². The molecule has 1 heterocycles. The molecule has 0 saturated heterocycles. The van der Waals surface area contributed by atoms with Gasteiger partial charge in [0.2, 0.25) is 0 Å². The summed E-state index contributed by atoms with van der Waals surface area (Å²) in [7, 11) is 0. The number of aromatic nitrogens is 1. The van der Waals surface area contributed by atoms with E-state index in [1.54, 1.807) is 42.6 Å². The third kappa shape index (κ3) is 5.41. The van der Waals surface area contributed by atoms with Crippen molar-refractivity contribution in [1.29, 1.82) is 0 Å². The fraction of sp³-hybridized carbons (Fsp3) is 0.136. The highest BCUT2D eigenvalue weighted by Gasteiger charge is 2.08. The number of nitrogens with one attached hydrogen (secondary N) is 2. The molecule has 5 nitrogen and oxygen atoms in total. The second kappa shape index (κ2) is 9.15. The number of pyridine rings is 1. The van der Waals surface area contributed by atoms with Gasteiger partial charge in [0.25, 0.3) is 5.91 Å². The first-order chi connectivity index (χ1) is 13.5. The fourth-order valence-corrected chi connectivity index (χ4v) is 2.77. The molecule has 0 aliphatic carbocycles. The van der Waals surface area contributed by atoms with E-state index in [1.807, 2.05) is 24.3 Å². The van der Waals surface area contributed by atoms with Crippen molar-refractivity contribution in [2.24, 2.45) is 0 Å². The first-order valence-corrected chi connectivity index (χ1v) is 9.26. The van der Waals surface area contributed by atoms with E-state index in [-0.39, 0.29) is 11.7 Å². The van der Waals surface area contributed by atoms with Crippen LogP contribution in [0.5, 0.6) is 0 Å². The number of benzene rings is 2. The van der Waals surface area contributed by atoms with E-state index in [1.165, 1.54) is 12.5 Å². The maximum atomic E-state index is 12.5. The molecule has 1 aromatic heterocycles. The molecule has 0 unspecified atom stereocenters. The van der Waals surface area contributed by atoms with Crippen molar-refractivity contribution in [3.05, 3.63) is 88.6 Å². The quantitative estimate of drug-likeness (QED) is 0.563. The molecule has 2 N–H and O–H groups in total. The van der Waals surface area contributed by atoms with Gasteiger partial charge < -0.3 is 10.6 Å². The summed E-state index contributed by atoms with van der Waals surface area (Å²) in [6.07, 6.45) is 2.41. The lowest BCUT2D eigenvalue weighted by Gasteiger charge is -2.09. The Morgan fingerprint density at radius 2 is 1.68 bits per heavy atom. The average Bonchev–Trinajstić information content (AvgIpc) is 2.70. The molecular weight excluding hydrogens is 374 g/mol. The van der Waals surface area contributed by atoms with Crippen LogP contribution < -0.4 is 10.6 Å². The highest BCUT2D eigenvalue weighted by Crippen LogP contribution is 2.14. The summed E-state index contributed by atoms with van der Waals surface area (Å²) >= 11 is 5.89. The van der Waals surface area contributed by atoms with Gasteiger partial charge in [-0.2, -0.15) is 0 Å². The molecule has 3 aromatic rings. The van der Waals surface area contributed by atoms with Crippen molar-refractivity contribution in [2.45, 2.75) is 13.3 Å². The van der Waals surface area contributed by atoms with E-state index in [0.29, 0.717) is 34.2 Å². The third-order valence-electron chi connectivity index (χ3n) is 4.20. The third-order valence-corrected chi connectivity index (χ3v) is 4.46. The minimum atomic E-state index is -0.237. The summed E-state index contributed by atoms with van der Waals surface area (Å²) in [4.78, 5) is 28.0. The second-order valence-electron chi connectivity index (χ2n) is 6.32. The molecule has 0 spiro atoms. The lowest BCUT2D eigenvalue weighted by Crippen LogP contribution is -2.13. The van der Waals surface area contributed by atoms with Crippen LogP contribution in [0.4, 0.5) is 11.5 Å². The van der Waals surface area contributed by atoms with Crippen LogP contribution in [-0.2, 0) is 6.42 Å². The summed E-state index contributed by atoms with van der Waals surface area (Å²) < 4.78 is 0. The molecule has 142 valence electrons. The highest BCUT2D eigenvalue weighted by molar-refractivity contribution is 6.30. The number of carbonyl (C=O) groups is 2. The smallest absolute Gasteiger partial charge is 0.255 e. The predicted octanol–water partition coefficient (Wildman–Crippen LogP) is 4.84. The Bertz CT molecular complexity index is 970. The van der Waals surface area contributed by atoms with Crippen LogP contribution in [0.1, 0.15) is 33.2 Å². The molecule has 0 bridgehead atoms. The van der Waals surface area contributed by atoms with E-state index in [4.69, 9.17) is 11.6 Å². The first-order valence-electron chi connectivity index (χ1n) is 8.88. The van der Waals surface area contributed by atoms with Crippen molar-refractivity contribution in [1.82, 2.24) is 4.98 Å². The summed E-state index contributed by atoms with van der Waals surface area (Å²) in [5.41, 5.74) is 2.90. The number of carbonyl (C=O) groups excluding carboxylic acids is 2. The van der Waals surface area contributed by atoms with E-state index in [9.17, 15) is 9.59 Å². The van der Waals surface area contributed by atoms with Gasteiger partial charge in [0.15, 0.2) is 5.78 Å². The van der Waals surface area contributed by atoms with E-state index in [2.05, 4.69) is 15.6 Å². The van der Waals surface area contributed by atoms with Gasteiger partial charge >= 0.3 is 0 Å². The van der Waals surface area contributed by atoms with Crippen LogP contribution in [-0.4, -0.2) is 23.2 Å². The first kappa shape index (κ1) is 19.6. The van der Waals surface area contributed by atoms with Crippen LogP contribution in [0.2, 0.25) is 5.02 Å². The van der Waals surface area contributed by atoms with Crippen LogP contribution in [0, 0.1) is 0 Å². The van der Waals surface area contributed by atoms with Crippen LogP contribution in [0.15, 0.2) is 66.9 Å². The van der Waals surface area contributed by atoms with Crippen molar-refractivity contribution in [3.63, 3.8) is 0 Å². The molecule has 0 saturated carbocycles. The SMILES string of the molecule is CC(=O)c1ccc(NC(=O)c2ccnc(NCCc3ccc(Cl)cc3)c2)cc1. The van der Waals surface area contributed by atoms with Crippen molar-refractivity contribution < 1.29 is 9.59 Å². The number of hydrogen-bond acceptors (Lipinski definition) is 4. The number of Topliss-reactive ketones (excluding diaryl/α,β-unsaturated/α-hetero) is 1. The number of rotatable bonds is 7. The molecule has 1 amide bonds. The zero-order valence-electron chi connectivity index (χ0n) is 15.4. The molecule has 2 aromatic carbocycles. The van der Waals surface area contributed by atoms with Crippen molar-refractivity contribution in [2.75, 3.05) is 17.2 Å². The minimum Gasteiger partial charge on any atom is -0.370 e. The number of nitrogens with zero attached hydrogens (tertiary/aromatic N) is 1. The van der Waals surface area contributed by atoms with Gasteiger partial charge in [-0.25, -0.2) is 4.98 Å². The maximum absolute atomic E-state index is 12.5. The molecule has 0 aliphatic rings. The fourth-order valence-electron chi connectivity index (χ4n) is 2.65. The summed E-state index contributed by atoms with van der Waals surface area (Å²) in [5.74, 6) is 0.383. The zero-order valence-corrected chi connectivity index (χ0v) is 16.2. The van der Waals surface area contributed by atoms with Crippen molar-refractivity contribution >= 4 is 34.8 Å². The standard InChI is InChI=1S/C22H20ClN3O2/c1-15(27)17-4-8-20(9-5-17)26-22(28)18-11-13-25-21(14-18)24-12-10-16-2-6-19(23)7-3-16/h2-9,11,13-14H,10,12H2,1H3,(H,24,25)(H,26,28). The normalized spacial score (nSPS) is 10.4. The van der Waals surface area contributed by atoms with Gasteiger partial charge in [-0.05, 0) is 67.4 Å². The number of anilines is 2. The monoisotopic (exact) mass is 393 g/mol. The average molecular weight is 394 g/mol. The molecular formula is C22H20ClN3O2. The van der Waals surface area contributed by atoms with Gasteiger partial charge in [-0.3, -0.25) is 9.59 Å². The molecule has 0 atom stereocenters. The highest BCUT2D eigenvalue weighted by atomic mass is 35.5. The predicted molar refractivity (Wildman–Crippen MR) is 112 cm³/mol. The van der Waals surface area contributed by atoms with Crippen LogP contribution in [0.3, 0.4) is 0 Å². The van der Waals surface area contributed by atoms with Gasteiger partial charge in [0, 0.05) is 34.6 Å². The summed E-state index contributed by atoms with van der Waals surface area (Å²) in [6, 6.07) is 17.9. The minimum absolute atomic E-state index is 0.0127. The maximum Gasteiger partial charge on any atom is 0.255 e. The lowest BCUT2D eigenvalue weighted by atomic mass is 10.1. The van der Waals surface area contributed by atoms with E-state index >= 15 is 0 Å². The van der Waals surface area contributed by atoms with Gasteiger partial charge in [-0.1, -0.05) is 23.7 Å². The number of hydrogen-bond donors (Lipinski definition) is 2. The Morgan fingerprint density at radius 3 is 2.36 bits per heavy atom. The molecule has 3 rings (SSSR count). The van der Waals surface area contributed by atoms with Gasteiger partial charge in [0.1, 0.15) is 5.82 Å². The van der Waals surface area contributed by atoms with Gasteiger partial charge in [-0.15, -0.1) is 0 Å². The van der Waals surface area contributed by atoms with Gasteiger partial charge in [0.05, 0.1) is 0 Å². The number of ketones is 1. The Morgan fingerprint density at radius 1 is 0.964 bits per heavy atom. The Hall–Kier alpha value is -3.18. The molecule has 0 radical (unpaired) electrons. The Labute approximate surface area is 168 Å². The molecule has 0 aliphatic heterocycles. The van der Waals surface area contributed by atoms with E-state index < -0.39 is 0 Å². The lowest BCUT2D eigenvalue weighted by molar-refractivity contribution is 0.101. The largest absolute Gasteiger partial charge is 0.370 e. The number of amides is 1. The summed E-state index contributed by atoms with van der Waals surface area (Å²) in [6.45, 7) is 2.19. The molecule has 0 fully saturated rings. The molecule has 6 heteroatoms.